The summed E-state index contributed by atoms with van der Waals surface area (Å²) in [6.07, 6.45) is 2.23. The highest BCUT2D eigenvalue weighted by molar-refractivity contribution is 5.79. The third-order valence-electron chi connectivity index (χ3n) is 4.55. The zero-order valence-electron chi connectivity index (χ0n) is 14.4. The molecule has 0 aliphatic heterocycles. The fraction of sp³-hybridized carbons (Fsp3) is 0.706. The van der Waals surface area contributed by atoms with Crippen LogP contribution in [0.1, 0.15) is 50.1 Å². The van der Waals surface area contributed by atoms with Gasteiger partial charge < -0.3 is 10.4 Å². The van der Waals surface area contributed by atoms with Crippen molar-refractivity contribution in [2.45, 2.75) is 66.0 Å². The van der Waals surface area contributed by atoms with Gasteiger partial charge in [0.2, 0.25) is 5.91 Å². The molecule has 0 unspecified atom stereocenters. The quantitative estimate of drug-likeness (QED) is 0.840. The van der Waals surface area contributed by atoms with Crippen LogP contribution in [0, 0.1) is 25.7 Å². The minimum absolute atomic E-state index is 0.0186. The summed E-state index contributed by atoms with van der Waals surface area (Å²) in [6.45, 7) is 9.06. The Morgan fingerprint density at radius 1 is 1.35 bits per heavy atom. The molecule has 0 bridgehead atoms. The van der Waals surface area contributed by atoms with E-state index in [1.807, 2.05) is 18.5 Å². The lowest BCUT2D eigenvalue weighted by molar-refractivity contribution is -0.141. The van der Waals surface area contributed by atoms with Crippen LogP contribution in [-0.2, 0) is 22.6 Å². The predicted octanol–water partition coefficient (Wildman–Crippen LogP) is 2.07. The van der Waals surface area contributed by atoms with Gasteiger partial charge in [0.15, 0.2) is 0 Å². The Morgan fingerprint density at radius 3 is 2.61 bits per heavy atom. The number of carboxylic acids is 1. The van der Waals surface area contributed by atoms with E-state index in [1.165, 1.54) is 0 Å². The van der Waals surface area contributed by atoms with E-state index in [2.05, 4.69) is 24.3 Å². The molecule has 6 nitrogen and oxygen atoms in total. The molecule has 1 aromatic heterocycles. The van der Waals surface area contributed by atoms with E-state index in [0.29, 0.717) is 25.2 Å². The van der Waals surface area contributed by atoms with Crippen LogP contribution < -0.4 is 5.32 Å². The number of hydrogen-bond acceptors (Lipinski definition) is 3. The Bertz CT molecular complexity index is 592. The van der Waals surface area contributed by atoms with Crippen molar-refractivity contribution < 1.29 is 14.7 Å². The number of hydrogen-bond donors (Lipinski definition) is 2. The predicted molar refractivity (Wildman–Crippen MR) is 87.2 cm³/mol. The minimum Gasteiger partial charge on any atom is -0.481 e. The third kappa shape index (κ3) is 4.33. The van der Waals surface area contributed by atoms with Gasteiger partial charge in [-0.2, -0.15) is 5.10 Å². The largest absolute Gasteiger partial charge is 0.481 e. The molecular weight excluding hydrogens is 294 g/mol. The van der Waals surface area contributed by atoms with Crippen molar-refractivity contribution in [2.75, 3.05) is 0 Å². The number of carboxylic acid groups (broad SMARTS) is 1. The molecule has 1 aliphatic carbocycles. The monoisotopic (exact) mass is 321 g/mol. The maximum atomic E-state index is 12.3. The SMILES string of the molecule is Cc1nn(CC(C)C)c(C)c1CC(=O)N[C@@H]1CC[C@H](C(=O)O)C1. The Kier molecular flexibility index (Phi) is 5.44. The molecule has 1 amide bonds. The fourth-order valence-electron chi connectivity index (χ4n) is 3.29. The van der Waals surface area contributed by atoms with E-state index in [1.54, 1.807) is 0 Å². The van der Waals surface area contributed by atoms with Crippen LogP contribution in [0.4, 0.5) is 0 Å². The first-order valence-corrected chi connectivity index (χ1v) is 8.33. The number of carbonyl (C=O) groups excluding carboxylic acids is 1. The highest BCUT2D eigenvalue weighted by Gasteiger charge is 2.30. The molecule has 1 heterocycles. The van der Waals surface area contributed by atoms with Crippen LogP contribution in [-0.4, -0.2) is 32.8 Å². The highest BCUT2D eigenvalue weighted by Crippen LogP contribution is 2.26. The van der Waals surface area contributed by atoms with Crippen molar-refractivity contribution in [3.8, 4) is 0 Å². The van der Waals surface area contributed by atoms with Gasteiger partial charge in [0.05, 0.1) is 18.0 Å². The first-order chi connectivity index (χ1) is 10.8. The molecule has 6 heteroatoms. The fourth-order valence-corrected chi connectivity index (χ4v) is 3.29. The van der Waals surface area contributed by atoms with Crippen LogP contribution in [0.2, 0.25) is 0 Å². The molecule has 0 spiro atoms. The van der Waals surface area contributed by atoms with Crippen LogP contribution in [0.15, 0.2) is 0 Å². The molecule has 2 N–H and O–H groups in total. The second-order valence-electron chi connectivity index (χ2n) is 7.01. The molecule has 1 aliphatic rings. The van der Waals surface area contributed by atoms with Gasteiger partial charge in [-0.1, -0.05) is 13.8 Å². The number of nitrogens with zero attached hydrogens (tertiary/aromatic N) is 2. The summed E-state index contributed by atoms with van der Waals surface area (Å²) < 4.78 is 1.97. The van der Waals surface area contributed by atoms with Gasteiger partial charge in [-0.3, -0.25) is 14.3 Å². The van der Waals surface area contributed by atoms with Gasteiger partial charge in [-0.05, 0) is 39.0 Å². The highest BCUT2D eigenvalue weighted by atomic mass is 16.4. The van der Waals surface area contributed by atoms with Gasteiger partial charge in [0.25, 0.3) is 0 Å². The Balaban J connectivity index is 1.96. The summed E-state index contributed by atoms with van der Waals surface area (Å²) in [4.78, 5) is 23.3. The molecule has 128 valence electrons. The first-order valence-electron chi connectivity index (χ1n) is 8.33. The molecule has 1 fully saturated rings. The van der Waals surface area contributed by atoms with Crippen LogP contribution in [0.5, 0.6) is 0 Å². The lowest BCUT2D eigenvalue weighted by Crippen LogP contribution is -2.34. The number of aryl methyl sites for hydroxylation is 1. The first kappa shape index (κ1) is 17.5. The van der Waals surface area contributed by atoms with E-state index < -0.39 is 5.97 Å². The van der Waals surface area contributed by atoms with Crippen molar-refractivity contribution in [1.82, 2.24) is 15.1 Å². The van der Waals surface area contributed by atoms with Crippen LogP contribution >= 0.6 is 0 Å². The maximum absolute atomic E-state index is 12.3. The second-order valence-corrected chi connectivity index (χ2v) is 7.01. The summed E-state index contributed by atoms with van der Waals surface area (Å²) in [6, 6.07) is -0.0186. The van der Waals surface area contributed by atoms with Gasteiger partial charge in [-0.15, -0.1) is 0 Å². The summed E-state index contributed by atoms with van der Waals surface area (Å²) in [5, 5.41) is 16.5. The summed E-state index contributed by atoms with van der Waals surface area (Å²) in [5.41, 5.74) is 2.92. The number of carbonyl (C=O) groups is 2. The second kappa shape index (κ2) is 7.15. The van der Waals surface area contributed by atoms with Gasteiger partial charge in [-0.25, -0.2) is 0 Å². The molecule has 1 aromatic rings. The smallest absolute Gasteiger partial charge is 0.306 e. The van der Waals surface area contributed by atoms with Crippen molar-refractivity contribution >= 4 is 11.9 Å². The standard InChI is InChI=1S/C17H27N3O3/c1-10(2)9-20-12(4)15(11(3)19-20)8-16(21)18-14-6-5-13(7-14)17(22)23/h10,13-14H,5-9H2,1-4H3,(H,18,21)(H,22,23)/t13-,14+/m0/s1. The molecule has 1 saturated carbocycles. The van der Waals surface area contributed by atoms with E-state index in [9.17, 15) is 9.59 Å². The number of nitrogens with one attached hydrogen (secondary N) is 1. The van der Waals surface area contributed by atoms with Crippen molar-refractivity contribution in [2.24, 2.45) is 11.8 Å². The average Bonchev–Trinajstić information content (AvgIpc) is 2.99. The Hall–Kier alpha value is -1.85. The Labute approximate surface area is 137 Å². The summed E-state index contributed by atoms with van der Waals surface area (Å²) >= 11 is 0. The summed E-state index contributed by atoms with van der Waals surface area (Å²) in [7, 11) is 0. The maximum Gasteiger partial charge on any atom is 0.306 e. The van der Waals surface area contributed by atoms with E-state index in [0.717, 1.165) is 29.9 Å². The molecule has 2 rings (SSSR count). The normalized spacial score (nSPS) is 20.9. The summed E-state index contributed by atoms with van der Waals surface area (Å²) in [5.74, 6) is -0.626. The number of aromatic nitrogens is 2. The molecule has 0 radical (unpaired) electrons. The van der Waals surface area contributed by atoms with E-state index >= 15 is 0 Å². The van der Waals surface area contributed by atoms with E-state index in [-0.39, 0.29) is 17.9 Å². The molecule has 0 aromatic carbocycles. The van der Waals surface area contributed by atoms with Crippen LogP contribution in [0.25, 0.3) is 0 Å². The molecule has 0 saturated heterocycles. The van der Waals surface area contributed by atoms with E-state index in [4.69, 9.17) is 5.11 Å². The number of amides is 1. The topological polar surface area (TPSA) is 84.2 Å². The average molecular weight is 321 g/mol. The molecular formula is C17H27N3O3. The van der Waals surface area contributed by atoms with Crippen molar-refractivity contribution in [3.05, 3.63) is 17.0 Å². The Morgan fingerprint density at radius 2 is 2.04 bits per heavy atom. The van der Waals surface area contributed by atoms with Crippen molar-refractivity contribution in [3.63, 3.8) is 0 Å². The van der Waals surface area contributed by atoms with Gasteiger partial charge in [0.1, 0.15) is 0 Å². The lowest BCUT2D eigenvalue weighted by atomic mass is 10.1. The third-order valence-corrected chi connectivity index (χ3v) is 4.55. The zero-order valence-corrected chi connectivity index (χ0v) is 14.4. The number of aliphatic carboxylic acids is 1. The lowest BCUT2D eigenvalue weighted by Gasteiger charge is -2.13. The molecule has 23 heavy (non-hydrogen) atoms. The minimum atomic E-state index is -0.761. The van der Waals surface area contributed by atoms with Gasteiger partial charge in [0, 0.05) is 23.8 Å². The van der Waals surface area contributed by atoms with Crippen molar-refractivity contribution in [1.29, 1.82) is 0 Å². The van der Waals surface area contributed by atoms with Gasteiger partial charge >= 0.3 is 5.97 Å². The zero-order chi connectivity index (χ0) is 17.1. The molecule has 2 atom stereocenters. The van der Waals surface area contributed by atoms with Crippen LogP contribution in [0.3, 0.4) is 0 Å². The number of rotatable bonds is 6.